The highest BCUT2D eigenvalue weighted by Gasteiger charge is 2.19. The first kappa shape index (κ1) is 24.2. The summed E-state index contributed by atoms with van der Waals surface area (Å²) in [5.41, 5.74) is 6.30. The van der Waals surface area contributed by atoms with Gasteiger partial charge in [-0.15, -0.1) is 0 Å². The third-order valence-corrected chi connectivity index (χ3v) is 7.63. The van der Waals surface area contributed by atoms with Gasteiger partial charge in [0.25, 0.3) is 0 Å². The fourth-order valence-electron chi connectivity index (χ4n) is 5.43. The molecular formula is C33H30N6O. The van der Waals surface area contributed by atoms with E-state index in [1.165, 1.54) is 10.9 Å². The summed E-state index contributed by atoms with van der Waals surface area (Å²) in [6, 6.07) is 23.0. The van der Waals surface area contributed by atoms with Crippen molar-refractivity contribution in [3.63, 3.8) is 0 Å². The van der Waals surface area contributed by atoms with Crippen molar-refractivity contribution >= 4 is 27.5 Å². The largest absolute Gasteiger partial charge is 0.457 e. The molecule has 0 fully saturated rings. The Kier molecular flexibility index (Phi) is 5.32. The van der Waals surface area contributed by atoms with Gasteiger partial charge in [0.2, 0.25) is 0 Å². The zero-order valence-electron chi connectivity index (χ0n) is 23.3. The maximum atomic E-state index is 6.53. The van der Waals surface area contributed by atoms with Gasteiger partial charge in [-0.3, -0.25) is 13.5 Å². The zero-order chi connectivity index (χ0) is 27.6. The molecule has 0 N–H and O–H groups in total. The van der Waals surface area contributed by atoms with Crippen molar-refractivity contribution in [3.8, 4) is 23.1 Å². The number of fused-ring (bicyclic) bond motifs is 4. The quantitative estimate of drug-likeness (QED) is 0.236. The van der Waals surface area contributed by atoms with Gasteiger partial charge in [-0.1, -0.05) is 39.0 Å². The Morgan fingerprint density at radius 3 is 2.42 bits per heavy atom. The molecule has 7 aromatic rings. The van der Waals surface area contributed by atoms with Crippen molar-refractivity contribution in [2.75, 3.05) is 0 Å². The molecule has 0 saturated heterocycles. The molecule has 0 aliphatic carbocycles. The van der Waals surface area contributed by atoms with E-state index in [9.17, 15) is 0 Å². The molecule has 7 nitrogen and oxygen atoms in total. The smallest absolute Gasteiger partial charge is 0.142 e. The standard InChI is InChI=1S/C33H30N6O/c1-21-22(2)38-31(36-21)18-25(19-32(38)37-15-14-34-20-37)40-24-10-11-27-26-8-6-7-9-28(26)39(29(27)17-24)30-16-23(12-13-35-30)33(3,4)5/h6-20H,1-5H3. The highest BCUT2D eigenvalue weighted by atomic mass is 16.5. The summed E-state index contributed by atoms with van der Waals surface area (Å²) in [7, 11) is 0. The summed E-state index contributed by atoms with van der Waals surface area (Å²) in [5.74, 6) is 3.25. The van der Waals surface area contributed by atoms with Crippen LogP contribution in [0.5, 0.6) is 11.5 Å². The van der Waals surface area contributed by atoms with E-state index in [1.54, 1.807) is 12.5 Å². The molecule has 198 valence electrons. The van der Waals surface area contributed by atoms with E-state index in [2.05, 4.69) is 90.2 Å². The Labute approximate surface area is 232 Å². The number of nitrogens with zero attached hydrogens (tertiary/aromatic N) is 6. The van der Waals surface area contributed by atoms with E-state index >= 15 is 0 Å². The normalized spacial score (nSPS) is 12.1. The number of benzene rings is 2. The van der Waals surface area contributed by atoms with Gasteiger partial charge in [-0.25, -0.2) is 15.0 Å². The summed E-state index contributed by atoms with van der Waals surface area (Å²) in [4.78, 5) is 13.8. The predicted octanol–water partition coefficient (Wildman–Crippen LogP) is 7.72. The lowest BCUT2D eigenvalue weighted by atomic mass is 9.88. The van der Waals surface area contributed by atoms with Crippen molar-refractivity contribution in [2.24, 2.45) is 0 Å². The van der Waals surface area contributed by atoms with Crippen LogP contribution in [0.3, 0.4) is 0 Å². The van der Waals surface area contributed by atoms with E-state index in [0.717, 1.165) is 50.8 Å². The van der Waals surface area contributed by atoms with Gasteiger partial charge in [-0.2, -0.15) is 0 Å². The minimum Gasteiger partial charge on any atom is -0.457 e. The average molecular weight is 527 g/mol. The van der Waals surface area contributed by atoms with Crippen LogP contribution in [-0.2, 0) is 5.41 Å². The molecule has 7 rings (SSSR count). The number of aryl methyl sites for hydroxylation is 2. The van der Waals surface area contributed by atoms with Gasteiger partial charge < -0.3 is 4.74 Å². The van der Waals surface area contributed by atoms with Gasteiger partial charge in [0, 0.05) is 53.3 Å². The van der Waals surface area contributed by atoms with Gasteiger partial charge in [0.05, 0.1) is 16.7 Å². The van der Waals surface area contributed by atoms with Gasteiger partial charge in [-0.05, 0) is 55.2 Å². The fraction of sp³-hybridized carbons (Fsp3) is 0.182. The lowest BCUT2D eigenvalue weighted by Gasteiger charge is -2.20. The average Bonchev–Trinajstić information content (AvgIpc) is 3.65. The summed E-state index contributed by atoms with van der Waals surface area (Å²) < 4.78 is 12.9. The number of aromatic nitrogens is 6. The molecule has 5 heterocycles. The number of hydrogen-bond donors (Lipinski definition) is 0. The minimum absolute atomic E-state index is 0.0138. The number of ether oxygens (including phenoxy) is 1. The molecule has 0 bridgehead atoms. The van der Waals surface area contributed by atoms with E-state index in [0.29, 0.717) is 5.75 Å². The van der Waals surface area contributed by atoms with Crippen molar-refractivity contribution in [3.05, 3.63) is 109 Å². The zero-order valence-corrected chi connectivity index (χ0v) is 23.3. The van der Waals surface area contributed by atoms with Crippen LogP contribution in [0.25, 0.3) is 39.1 Å². The van der Waals surface area contributed by atoms with Gasteiger partial charge >= 0.3 is 0 Å². The van der Waals surface area contributed by atoms with Gasteiger partial charge in [0.15, 0.2) is 0 Å². The lowest BCUT2D eigenvalue weighted by molar-refractivity contribution is 0.482. The minimum atomic E-state index is 0.0138. The first-order chi connectivity index (χ1) is 19.3. The Balaban J connectivity index is 1.39. The Morgan fingerprint density at radius 2 is 1.62 bits per heavy atom. The second-order valence-corrected chi connectivity index (χ2v) is 11.3. The number of rotatable bonds is 4. The van der Waals surface area contributed by atoms with Crippen molar-refractivity contribution < 1.29 is 4.74 Å². The number of para-hydroxylation sites is 1. The van der Waals surface area contributed by atoms with Crippen molar-refractivity contribution in [2.45, 2.75) is 40.0 Å². The molecule has 0 spiro atoms. The summed E-state index contributed by atoms with van der Waals surface area (Å²) in [6.07, 6.45) is 7.39. The molecule has 0 unspecified atom stereocenters. The third-order valence-electron chi connectivity index (χ3n) is 7.63. The van der Waals surface area contributed by atoms with Crippen molar-refractivity contribution in [1.82, 2.24) is 28.5 Å². The van der Waals surface area contributed by atoms with E-state index in [-0.39, 0.29) is 5.41 Å². The van der Waals surface area contributed by atoms with Crippen LogP contribution in [-0.4, -0.2) is 28.5 Å². The first-order valence-electron chi connectivity index (χ1n) is 13.4. The molecule has 0 atom stereocenters. The molecule has 0 amide bonds. The fourth-order valence-corrected chi connectivity index (χ4v) is 5.43. The molecule has 5 aromatic heterocycles. The van der Waals surface area contributed by atoms with Crippen LogP contribution in [0.15, 0.2) is 91.6 Å². The molecule has 0 aliphatic rings. The molecule has 0 radical (unpaired) electrons. The maximum Gasteiger partial charge on any atom is 0.142 e. The monoisotopic (exact) mass is 526 g/mol. The second-order valence-electron chi connectivity index (χ2n) is 11.3. The van der Waals surface area contributed by atoms with Crippen LogP contribution in [0, 0.1) is 13.8 Å². The number of hydrogen-bond acceptors (Lipinski definition) is 4. The first-order valence-corrected chi connectivity index (χ1v) is 13.4. The van der Waals surface area contributed by atoms with Crippen LogP contribution in [0.1, 0.15) is 37.7 Å². The molecule has 7 heteroatoms. The summed E-state index contributed by atoms with van der Waals surface area (Å²) >= 11 is 0. The highest BCUT2D eigenvalue weighted by Crippen LogP contribution is 2.36. The SMILES string of the molecule is Cc1nc2cc(Oc3ccc4c5ccccc5n(-c5cc(C(C)(C)C)ccn5)c4c3)cc(-n3ccnc3)n2c1C. The highest BCUT2D eigenvalue weighted by molar-refractivity contribution is 6.09. The van der Waals surface area contributed by atoms with Crippen LogP contribution in [0.2, 0.25) is 0 Å². The third kappa shape index (κ3) is 3.85. The van der Waals surface area contributed by atoms with E-state index < -0.39 is 0 Å². The predicted molar refractivity (Wildman–Crippen MR) is 159 cm³/mol. The Hall–Kier alpha value is -4.91. The summed E-state index contributed by atoms with van der Waals surface area (Å²) in [6.45, 7) is 10.8. The van der Waals surface area contributed by atoms with E-state index in [1.807, 2.05) is 42.1 Å². The molecular weight excluding hydrogens is 496 g/mol. The van der Waals surface area contributed by atoms with Crippen LogP contribution < -0.4 is 4.74 Å². The molecule has 2 aromatic carbocycles. The Morgan fingerprint density at radius 1 is 0.800 bits per heavy atom. The number of imidazole rings is 2. The topological polar surface area (TPSA) is 62.2 Å². The Bertz CT molecular complexity index is 2040. The number of pyridine rings is 2. The van der Waals surface area contributed by atoms with Crippen molar-refractivity contribution in [1.29, 1.82) is 0 Å². The lowest BCUT2D eigenvalue weighted by Crippen LogP contribution is -2.12. The second kappa shape index (κ2) is 8.81. The van der Waals surface area contributed by atoms with Crippen LogP contribution >= 0.6 is 0 Å². The molecule has 0 aliphatic heterocycles. The maximum absolute atomic E-state index is 6.53. The van der Waals surface area contributed by atoms with E-state index in [4.69, 9.17) is 14.7 Å². The molecule has 0 saturated carbocycles. The van der Waals surface area contributed by atoms with Crippen LogP contribution in [0.4, 0.5) is 0 Å². The van der Waals surface area contributed by atoms with Gasteiger partial charge in [0.1, 0.15) is 35.1 Å². The summed E-state index contributed by atoms with van der Waals surface area (Å²) in [5, 5.41) is 2.33. The molecule has 40 heavy (non-hydrogen) atoms.